The molecule has 0 aliphatic carbocycles. The van der Waals surface area contributed by atoms with Gasteiger partial charge in [-0.05, 0) is 75.9 Å². The van der Waals surface area contributed by atoms with E-state index in [1.807, 2.05) is 0 Å². The highest BCUT2D eigenvalue weighted by Gasteiger charge is 2.12. The van der Waals surface area contributed by atoms with E-state index in [9.17, 15) is 0 Å². The third kappa shape index (κ3) is 3.66. The number of pyridine rings is 1. The minimum atomic E-state index is 0.678. The van der Waals surface area contributed by atoms with Gasteiger partial charge in [-0.2, -0.15) is 0 Å². The van der Waals surface area contributed by atoms with Crippen molar-refractivity contribution >= 4 is 11.8 Å². The number of nitrogens with two attached hydrogens (primary N) is 1. The molecular formula is C18H24N2S. The van der Waals surface area contributed by atoms with Gasteiger partial charge in [0, 0.05) is 10.6 Å². The van der Waals surface area contributed by atoms with Gasteiger partial charge in [-0.3, -0.25) is 0 Å². The van der Waals surface area contributed by atoms with E-state index < -0.39 is 0 Å². The van der Waals surface area contributed by atoms with Crippen LogP contribution in [0.3, 0.4) is 0 Å². The molecule has 0 atom stereocenters. The third-order valence-corrected chi connectivity index (χ3v) is 5.12. The van der Waals surface area contributed by atoms with Crippen LogP contribution in [-0.4, -0.2) is 11.5 Å². The maximum Gasteiger partial charge on any atom is 0.104 e. The lowest BCUT2D eigenvalue weighted by atomic mass is 10.1. The molecule has 2 rings (SSSR count). The molecule has 1 heterocycles. The fraction of sp³-hybridized carbons (Fsp3) is 0.389. The lowest BCUT2D eigenvalue weighted by Crippen LogP contribution is -2.06. The van der Waals surface area contributed by atoms with E-state index >= 15 is 0 Å². The Morgan fingerprint density at radius 2 is 1.62 bits per heavy atom. The molecule has 0 radical (unpaired) electrons. The topological polar surface area (TPSA) is 38.9 Å². The van der Waals surface area contributed by atoms with Crippen molar-refractivity contribution in [2.75, 3.05) is 6.54 Å². The average Bonchev–Trinajstić information content (AvgIpc) is 2.39. The zero-order valence-corrected chi connectivity index (χ0v) is 14.4. The van der Waals surface area contributed by atoms with Crippen LogP contribution in [0.2, 0.25) is 0 Å². The summed E-state index contributed by atoms with van der Waals surface area (Å²) >= 11 is 1.78. The van der Waals surface area contributed by atoms with Gasteiger partial charge >= 0.3 is 0 Å². The van der Waals surface area contributed by atoms with Crippen LogP contribution in [0, 0.1) is 34.6 Å². The standard InChI is InChI=1S/C18H24N2S/c1-11-8-12(2)17(13(3)9-11)21-18-15(5)16(6-7-19)10-14(4)20-18/h8-10H,6-7,19H2,1-5H3. The van der Waals surface area contributed by atoms with Crippen LogP contribution in [0.1, 0.15) is 33.5 Å². The van der Waals surface area contributed by atoms with E-state index in [-0.39, 0.29) is 0 Å². The van der Waals surface area contributed by atoms with E-state index in [0.717, 1.165) is 17.1 Å². The molecular weight excluding hydrogens is 276 g/mol. The van der Waals surface area contributed by atoms with E-state index in [4.69, 9.17) is 10.7 Å². The molecule has 2 aromatic rings. The molecule has 0 saturated heterocycles. The molecule has 2 N–H and O–H groups in total. The van der Waals surface area contributed by atoms with Crippen molar-refractivity contribution in [3.63, 3.8) is 0 Å². The SMILES string of the molecule is Cc1cc(C)c(Sc2nc(C)cc(CCN)c2C)c(C)c1. The number of aryl methyl sites for hydroxylation is 4. The van der Waals surface area contributed by atoms with Gasteiger partial charge in [-0.1, -0.05) is 29.5 Å². The molecule has 0 fully saturated rings. The van der Waals surface area contributed by atoms with Crippen molar-refractivity contribution in [2.45, 2.75) is 51.0 Å². The summed E-state index contributed by atoms with van der Waals surface area (Å²) in [6.45, 7) is 11.4. The Labute approximate surface area is 132 Å². The second kappa shape index (κ2) is 6.63. The predicted octanol–water partition coefficient (Wildman–Crippen LogP) is 4.28. The fourth-order valence-corrected chi connectivity index (χ4v) is 3.82. The number of aromatic nitrogens is 1. The Kier molecular flexibility index (Phi) is 5.07. The second-order valence-electron chi connectivity index (χ2n) is 5.72. The molecule has 0 amide bonds. The maximum absolute atomic E-state index is 5.72. The summed E-state index contributed by atoms with van der Waals surface area (Å²) < 4.78 is 0. The first kappa shape index (κ1) is 16.1. The van der Waals surface area contributed by atoms with Gasteiger partial charge in [-0.15, -0.1) is 0 Å². The second-order valence-corrected chi connectivity index (χ2v) is 6.72. The fourth-order valence-electron chi connectivity index (χ4n) is 2.71. The quantitative estimate of drug-likeness (QED) is 0.916. The highest BCUT2D eigenvalue weighted by atomic mass is 32.2. The monoisotopic (exact) mass is 300 g/mol. The molecule has 3 heteroatoms. The summed E-state index contributed by atoms with van der Waals surface area (Å²) in [6, 6.07) is 6.63. The lowest BCUT2D eigenvalue weighted by molar-refractivity contribution is 0.912. The molecule has 2 nitrogen and oxygen atoms in total. The van der Waals surface area contributed by atoms with Crippen LogP contribution in [0.4, 0.5) is 0 Å². The Balaban J connectivity index is 2.45. The highest BCUT2D eigenvalue weighted by Crippen LogP contribution is 2.35. The summed E-state index contributed by atoms with van der Waals surface area (Å²) in [7, 11) is 0. The van der Waals surface area contributed by atoms with E-state index in [1.165, 1.54) is 32.7 Å². The Morgan fingerprint density at radius 3 is 2.19 bits per heavy atom. The third-order valence-electron chi connectivity index (χ3n) is 3.68. The molecule has 21 heavy (non-hydrogen) atoms. The maximum atomic E-state index is 5.72. The molecule has 0 bridgehead atoms. The molecule has 1 aromatic carbocycles. The molecule has 112 valence electrons. The number of rotatable bonds is 4. The molecule has 0 aliphatic heterocycles. The normalized spacial score (nSPS) is 11.0. The van der Waals surface area contributed by atoms with Crippen LogP contribution in [0.15, 0.2) is 28.1 Å². The zero-order valence-electron chi connectivity index (χ0n) is 13.6. The number of hydrogen-bond donors (Lipinski definition) is 1. The Bertz CT molecular complexity index is 640. The van der Waals surface area contributed by atoms with Crippen molar-refractivity contribution in [3.8, 4) is 0 Å². The summed E-state index contributed by atoms with van der Waals surface area (Å²) in [6.07, 6.45) is 0.911. The Hall–Kier alpha value is -1.32. The summed E-state index contributed by atoms with van der Waals surface area (Å²) in [5.41, 5.74) is 13.3. The molecule has 0 spiro atoms. The largest absolute Gasteiger partial charge is 0.330 e. The number of benzene rings is 1. The smallest absolute Gasteiger partial charge is 0.104 e. The summed E-state index contributed by atoms with van der Waals surface area (Å²) in [5, 5.41) is 1.11. The van der Waals surface area contributed by atoms with Crippen LogP contribution in [0.5, 0.6) is 0 Å². The Morgan fingerprint density at radius 1 is 1.00 bits per heavy atom. The predicted molar refractivity (Wildman–Crippen MR) is 91.2 cm³/mol. The van der Waals surface area contributed by atoms with Gasteiger partial charge < -0.3 is 5.73 Å². The lowest BCUT2D eigenvalue weighted by Gasteiger charge is -2.14. The molecule has 1 aromatic heterocycles. The summed E-state index contributed by atoms with van der Waals surface area (Å²) in [4.78, 5) is 6.06. The van der Waals surface area contributed by atoms with Gasteiger partial charge in [0.1, 0.15) is 5.03 Å². The minimum absolute atomic E-state index is 0.678. The average molecular weight is 300 g/mol. The van der Waals surface area contributed by atoms with Crippen LogP contribution in [-0.2, 0) is 6.42 Å². The highest BCUT2D eigenvalue weighted by molar-refractivity contribution is 7.99. The molecule has 0 saturated carbocycles. The van der Waals surface area contributed by atoms with E-state index in [0.29, 0.717) is 6.54 Å². The molecule has 0 aliphatic rings. The van der Waals surface area contributed by atoms with Crippen molar-refractivity contribution in [2.24, 2.45) is 5.73 Å². The van der Waals surface area contributed by atoms with E-state index in [2.05, 4.69) is 52.8 Å². The van der Waals surface area contributed by atoms with Gasteiger partial charge in [-0.25, -0.2) is 4.98 Å². The van der Waals surface area contributed by atoms with Crippen molar-refractivity contribution in [1.29, 1.82) is 0 Å². The van der Waals surface area contributed by atoms with Crippen molar-refractivity contribution in [3.05, 3.63) is 51.7 Å². The van der Waals surface area contributed by atoms with Gasteiger partial charge in [0.25, 0.3) is 0 Å². The first-order valence-corrected chi connectivity index (χ1v) is 8.17. The molecule has 0 unspecified atom stereocenters. The van der Waals surface area contributed by atoms with E-state index in [1.54, 1.807) is 11.8 Å². The first-order valence-electron chi connectivity index (χ1n) is 7.35. The zero-order chi connectivity index (χ0) is 15.6. The van der Waals surface area contributed by atoms with Gasteiger partial charge in [0.05, 0.1) is 0 Å². The van der Waals surface area contributed by atoms with Crippen molar-refractivity contribution < 1.29 is 0 Å². The van der Waals surface area contributed by atoms with Crippen LogP contribution in [0.25, 0.3) is 0 Å². The van der Waals surface area contributed by atoms with Crippen molar-refractivity contribution in [1.82, 2.24) is 4.98 Å². The van der Waals surface area contributed by atoms with Gasteiger partial charge in [0.15, 0.2) is 0 Å². The first-order chi connectivity index (χ1) is 9.92. The number of nitrogens with zero attached hydrogens (tertiary/aromatic N) is 1. The van der Waals surface area contributed by atoms with Crippen LogP contribution >= 0.6 is 11.8 Å². The van der Waals surface area contributed by atoms with Crippen LogP contribution < -0.4 is 5.73 Å². The summed E-state index contributed by atoms with van der Waals surface area (Å²) in [5.74, 6) is 0. The van der Waals surface area contributed by atoms with Gasteiger partial charge in [0.2, 0.25) is 0 Å². The number of hydrogen-bond acceptors (Lipinski definition) is 3. The minimum Gasteiger partial charge on any atom is -0.330 e.